The number of ketones is 1. The van der Waals surface area contributed by atoms with Crippen LogP contribution in [-0.2, 0) is 19.4 Å². The summed E-state index contributed by atoms with van der Waals surface area (Å²) in [6.07, 6.45) is -5.40. The zero-order valence-electron chi connectivity index (χ0n) is 23.8. The van der Waals surface area contributed by atoms with Crippen LogP contribution in [0.1, 0.15) is 73.6 Å². The molecule has 226 valence electrons. The van der Waals surface area contributed by atoms with Gasteiger partial charge in [0.2, 0.25) is 0 Å². The summed E-state index contributed by atoms with van der Waals surface area (Å²) in [6.45, 7) is 11.6. The van der Waals surface area contributed by atoms with E-state index in [-0.39, 0.29) is 35.9 Å². The fourth-order valence-corrected chi connectivity index (χ4v) is 9.96. The first-order chi connectivity index (χ1) is 17.9. The highest BCUT2D eigenvalue weighted by Gasteiger charge is 2.70. The Bertz CT molecular complexity index is 1030. The Balaban J connectivity index is 1.74. The van der Waals surface area contributed by atoms with Gasteiger partial charge in [0.1, 0.15) is 11.9 Å². The number of carbonyl (C=O) groups is 1. The van der Waals surface area contributed by atoms with Crippen molar-refractivity contribution in [2.24, 2.45) is 58.2 Å². The van der Waals surface area contributed by atoms with Crippen LogP contribution in [0.4, 0.5) is 0 Å². The fourth-order valence-electron chi connectivity index (χ4n) is 9.43. The third-order valence-electron chi connectivity index (χ3n) is 11.9. The van der Waals surface area contributed by atoms with Crippen molar-refractivity contribution in [3.8, 4) is 0 Å². The van der Waals surface area contributed by atoms with E-state index in [1.807, 2.05) is 41.5 Å². The van der Waals surface area contributed by atoms with E-state index >= 15 is 0 Å². The van der Waals surface area contributed by atoms with Crippen molar-refractivity contribution in [2.45, 2.75) is 110 Å². The van der Waals surface area contributed by atoms with Crippen LogP contribution >= 0.6 is 0 Å². The first-order valence-corrected chi connectivity index (χ1v) is 15.8. The van der Waals surface area contributed by atoms with Crippen molar-refractivity contribution < 1.29 is 47.5 Å². The van der Waals surface area contributed by atoms with E-state index in [1.54, 1.807) is 0 Å². The van der Waals surface area contributed by atoms with Gasteiger partial charge in [0, 0.05) is 24.2 Å². The molecule has 15 unspecified atom stereocenters. The fraction of sp³-hybridized carbons (Fsp3) is 0.964. The predicted octanol–water partition coefficient (Wildman–Crippen LogP) is 1.57. The van der Waals surface area contributed by atoms with Gasteiger partial charge in [-0.3, -0.25) is 9.35 Å². The van der Waals surface area contributed by atoms with Gasteiger partial charge in [-0.2, -0.15) is 8.42 Å². The van der Waals surface area contributed by atoms with Crippen molar-refractivity contribution in [1.82, 2.24) is 0 Å². The van der Waals surface area contributed by atoms with Crippen LogP contribution in [0.15, 0.2) is 0 Å². The van der Waals surface area contributed by atoms with Crippen molar-refractivity contribution in [3.63, 3.8) is 0 Å². The van der Waals surface area contributed by atoms with Crippen LogP contribution < -0.4 is 0 Å². The van der Waals surface area contributed by atoms with Gasteiger partial charge in [-0.1, -0.05) is 41.5 Å². The second-order valence-corrected chi connectivity index (χ2v) is 15.1. The van der Waals surface area contributed by atoms with E-state index < -0.39 is 81.5 Å². The maximum Gasteiger partial charge on any atom is 0.397 e. The highest BCUT2D eigenvalue weighted by atomic mass is 32.3. The number of hydrogen-bond acceptors (Lipinski definition) is 9. The molecule has 6 N–H and O–H groups in total. The first-order valence-electron chi connectivity index (χ1n) is 14.5. The van der Waals surface area contributed by atoms with Crippen molar-refractivity contribution in [2.75, 3.05) is 0 Å². The molecule has 10 nitrogen and oxygen atoms in total. The second-order valence-electron chi connectivity index (χ2n) is 14.0. The van der Waals surface area contributed by atoms with Gasteiger partial charge < -0.3 is 25.5 Å². The number of aliphatic hydroxyl groups is 5. The lowest BCUT2D eigenvalue weighted by atomic mass is 9.42. The zero-order valence-corrected chi connectivity index (χ0v) is 24.7. The van der Waals surface area contributed by atoms with Gasteiger partial charge in [0.15, 0.2) is 0 Å². The zero-order chi connectivity index (χ0) is 29.4. The molecule has 0 spiro atoms. The quantitative estimate of drug-likeness (QED) is 0.243. The summed E-state index contributed by atoms with van der Waals surface area (Å²) in [5, 5.41) is 54.9. The maximum atomic E-state index is 13.8. The topological polar surface area (TPSA) is 182 Å². The molecule has 4 saturated carbocycles. The molecule has 4 aliphatic carbocycles. The molecule has 4 fully saturated rings. The Morgan fingerprint density at radius 3 is 2.08 bits per heavy atom. The normalized spacial score (nSPS) is 47.6. The van der Waals surface area contributed by atoms with Gasteiger partial charge >= 0.3 is 10.4 Å². The molecule has 39 heavy (non-hydrogen) atoms. The summed E-state index contributed by atoms with van der Waals surface area (Å²) in [4.78, 5) is 13.8. The summed E-state index contributed by atoms with van der Waals surface area (Å²) in [6, 6.07) is 0. The largest absolute Gasteiger partial charge is 0.397 e. The molecule has 0 amide bonds. The van der Waals surface area contributed by atoms with E-state index in [0.29, 0.717) is 25.7 Å². The number of hydrogen-bond donors (Lipinski definition) is 6. The van der Waals surface area contributed by atoms with Gasteiger partial charge in [-0.05, 0) is 66.1 Å². The van der Waals surface area contributed by atoms with Crippen LogP contribution in [-0.4, -0.2) is 80.9 Å². The lowest BCUT2D eigenvalue weighted by molar-refractivity contribution is -0.245. The Labute approximate surface area is 232 Å². The predicted molar refractivity (Wildman–Crippen MR) is 141 cm³/mol. The van der Waals surface area contributed by atoms with Gasteiger partial charge in [0.25, 0.3) is 0 Å². The first kappa shape index (κ1) is 31.3. The Morgan fingerprint density at radius 1 is 0.923 bits per heavy atom. The Kier molecular flexibility index (Phi) is 8.47. The number of Topliss-reactive ketones (excluding diaryl/α,β-unsaturated/α-hetero) is 1. The average Bonchev–Trinajstić information content (AvgIpc) is 3.11. The summed E-state index contributed by atoms with van der Waals surface area (Å²) < 4.78 is 38.8. The minimum absolute atomic E-state index is 0.114. The minimum Gasteiger partial charge on any atom is -0.390 e. The summed E-state index contributed by atoms with van der Waals surface area (Å²) in [5.74, 6) is -3.54. The molecule has 0 aromatic carbocycles. The van der Waals surface area contributed by atoms with Gasteiger partial charge in [-0.15, -0.1) is 0 Å². The molecule has 0 aromatic heterocycles. The van der Waals surface area contributed by atoms with E-state index in [0.717, 1.165) is 0 Å². The third-order valence-corrected chi connectivity index (χ3v) is 12.4. The monoisotopic (exact) mass is 576 g/mol. The third kappa shape index (κ3) is 5.02. The van der Waals surface area contributed by atoms with Crippen LogP contribution in [0.2, 0.25) is 0 Å². The van der Waals surface area contributed by atoms with E-state index in [9.17, 15) is 43.3 Å². The molecule has 0 heterocycles. The maximum absolute atomic E-state index is 13.8. The molecule has 0 aromatic rings. The van der Waals surface area contributed by atoms with Crippen molar-refractivity contribution >= 4 is 16.2 Å². The molecule has 4 aliphatic rings. The lowest BCUT2D eigenvalue weighted by Gasteiger charge is -2.64. The number of fused-ring (bicyclic) bond motifs is 5. The Hall–Kier alpha value is -0.660. The van der Waals surface area contributed by atoms with Crippen LogP contribution in [0.25, 0.3) is 0 Å². The van der Waals surface area contributed by atoms with E-state index in [4.69, 9.17) is 4.18 Å². The van der Waals surface area contributed by atoms with E-state index in [1.165, 1.54) is 0 Å². The molecule has 0 saturated heterocycles. The standard InChI is InChI=1S/C28H48O10S/c1-12(2)13(3)22(31)23(32)14(4)16-11-18(30)20-19-15(7-9-28(16,20)6)27(5)10-8-17(29)24(33)21(27)25(34)26(19)38-39(35,36)37/h12-17,19-26,29,31-34H,7-11H2,1-6H3,(H,35,36,37). The highest BCUT2D eigenvalue weighted by molar-refractivity contribution is 7.80. The van der Waals surface area contributed by atoms with Crippen LogP contribution in [0, 0.1) is 58.2 Å². The van der Waals surface area contributed by atoms with Gasteiger partial charge in [0.05, 0.1) is 30.5 Å². The highest BCUT2D eigenvalue weighted by Crippen LogP contribution is 2.68. The molecule has 11 heteroatoms. The summed E-state index contributed by atoms with van der Waals surface area (Å²) >= 11 is 0. The number of rotatable bonds is 7. The SMILES string of the molecule is CC(C)C(C)C(O)C(O)C(C)C1CC(=O)C2C3C(OS(=O)(=O)O)C(O)C4C(O)C(O)CCC4(C)C3CCC12C. The molecular weight excluding hydrogens is 528 g/mol. The molecule has 0 aliphatic heterocycles. The molecule has 4 rings (SSSR count). The number of carbonyl (C=O) groups excluding carboxylic acids is 1. The molecule has 0 bridgehead atoms. The number of aliphatic hydroxyl groups excluding tert-OH is 5. The second kappa shape index (κ2) is 10.6. The lowest BCUT2D eigenvalue weighted by Crippen LogP contribution is -2.68. The van der Waals surface area contributed by atoms with Crippen molar-refractivity contribution in [3.05, 3.63) is 0 Å². The van der Waals surface area contributed by atoms with E-state index in [2.05, 4.69) is 0 Å². The molecule has 0 radical (unpaired) electrons. The van der Waals surface area contributed by atoms with Crippen LogP contribution in [0.5, 0.6) is 0 Å². The van der Waals surface area contributed by atoms with Gasteiger partial charge in [-0.25, -0.2) is 4.18 Å². The molecular formula is C28H48O10S. The smallest absolute Gasteiger partial charge is 0.390 e. The minimum atomic E-state index is -5.02. The van der Waals surface area contributed by atoms with Crippen molar-refractivity contribution in [1.29, 1.82) is 0 Å². The Morgan fingerprint density at radius 2 is 1.51 bits per heavy atom. The van der Waals surface area contributed by atoms with Crippen LogP contribution in [0.3, 0.4) is 0 Å². The molecule has 15 atom stereocenters. The summed E-state index contributed by atoms with van der Waals surface area (Å²) in [7, 11) is -5.02. The average molecular weight is 577 g/mol. The summed E-state index contributed by atoms with van der Waals surface area (Å²) in [5.41, 5.74) is -1.37.